The standard InChI is InChI=1S/C13H26N2/c1-11(2)12-5-8-15(9-12)10-13(3)6-4-7-14-13/h11-12,14H,4-10H2,1-3H3. The Morgan fingerprint density at radius 3 is 2.80 bits per heavy atom. The molecule has 0 saturated carbocycles. The number of nitrogens with zero attached hydrogens (tertiary/aromatic N) is 1. The van der Waals surface area contributed by atoms with E-state index < -0.39 is 0 Å². The maximum atomic E-state index is 3.66. The summed E-state index contributed by atoms with van der Waals surface area (Å²) >= 11 is 0. The van der Waals surface area contributed by atoms with Crippen LogP contribution in [0.4, 0.5) is 0 Å². The van der Waals surface area contributed by atoms with E-state index >= 15 is 0 Å². The molecule has 2 saturated heterocycles. The predicted octanol–water partition coefficient (Wildman–Crippen LogP) is 2.11. The van der Waals surface area contributed by atoms with Crippen molar-refractivity contribution in [2.45, 2.75) is 45.6 Å². The minimum absolute atomic E-state index is 0.409. The number of rotatable bonds is 3. The van der Waals surface area contributed by atoms with E-state index in [1.807, 2.05) is 0 Å². The lowest BCUT2D eigenvalue weighted by Gasteiger charge is -2.30. The summed E-state index contributed by atoms with van der Waals surface area (Å²) < 4.78 is 0. The van der Waals surface area contributed by atoms with E-state index in [0.29, 0.717) is 5.54 Å². The molecule has 88 valence electrons. The summed E-state index contributed by atoms with van der Waals surface area (Å²) in [5, 5.41) is 3.66. The van der Waals surface area contributed by atoms with Crippen molar-refractivity contribution in [1.29, 1.82) is 0 Å². The third kappa shape index (κ3) is 2.73. The van der Waals surface area contributed by atoms with Gasteiger partial charge in [-0.15, -0.1) is 0 Å². The van der Waals surface area contributed by atoms with Crippen molar-refractivity contribution in [2.24, 2.45) is 11.8 Å². The fraction of sp³-hybridized carbons (Fsp3) is 1.00. The topological polar surface area (TPSA) is 15.3 Å². The van der Waals surface area contributed by atoms with Gasteiger partial charge >= 0.3 is 0 Å². The molecule has 0 spiro atoms. The molecule has 2 nitrogen and oxygen atoms in total. The smallest absolute Gasteiger partial charge is 0.0280 e. The van der Waals surface area contributed by atoms with Crippen LogP contribution in [-0.4, -0.2) is 36.6 Å². The van der Waals surface area contributed by atoms with Crippen molar-refractivity contribution in [3.05, 3.63) is 0 Å². The summed E-state index contributed by atoms with van der Waals surface area (Å²) in [5.74, 6) is 1.80. The summed E-state index contributed by atoms with van der Waals surface area (Å²) in [7, 11) is 0. The van der Waals surface area contributed by atoms with Crippen LogP contribution in [0.5, 0.6) is 0 Å². The van der Waals surface area contributed by atoms with Crippen molar-refractivity contribution >= 4 is 0 Å². The van der Waals surface area contributed by atoms with Gasteiger partial charge in [0, 0.05) is 18.6 Å². The van der Waals surface area contributed by atoms with Crippen LogP contribution in [0, 0.1) is 11.8 Å². The highest BCUT2D eigenvalue weighted by Gasteiger charge is 2.33. The molecule has 2 aliphatic heterocycles. The van der Waals surface area contributed by atoms with Gasteiger partial charge in [0.1, 0.15) is 0 Å². The quantitative estimate of drug-likeness (QED) is 0.767. The molecular formula is C13H26N2. The second-order valence-electron chi connectivity index (χ2n) is 6.12. The van der Waals surface area contributed by atoms with Crippen molar-refractivity contribution in [3.8, 4) is 0 Å². The molecule has 2 unspecified atom stereocenters. The van der Waals surface area contributed by atoms with Crippen LogP contribution < -0.4 is 5.32 Å². The van der Waals surface area contributed by atoms with E-state index in [1.54, 1.807) is 0 Å². The highest BCUT2D eigenvalue weighted by atomic mass is 15.2. The van der Waals surface area contributed by atoms with Crippen LogP contribution in [0.2, 0.25) is 0 Å². The highest BCUT2D eigenvalue weighted by Crippen LogP contribution is 2.27. The molecule has 2 heteroatoms. The van der Waals surface area contributed by atoms with Crippen molar-refractivity contribution in [3.63, 3.8) is 0 Å². The number of hydrogen-bond acceptors (Lipinski definition) is 2. The zero-order valence-corrected chi connectivity index (χ0v) is 10.6. The normalized spacial score (nSPS) is 38.0. The first-order valence-corrected chi connectivity index (χ1v) is 6.56. The van der Waals surface area contributed by atoms with Crippen LogP contribution in [0.1, 0.15) is 40.0 Å². The van der Waals surface area contributed by atoms with Gasteiger partial charge in [0.2, 0.25) is 0 Å². The summed E-state index contributed by atoms with van der Waals surface area (Å²) in [6.45, 7) is 12.2. The van der Waals surface area contributed by atoms with E-state index in [4.69, 9.17) is 0 Å². The Labute approximate surface area is 94.4 Å². The summed E-state index contributed by atoms with van der Waals surface area (Å²) in [5.41, 5.74) is 0.409. The largest absolute Gasteiger partial charge is 0.310 e. The first-order valence-electron chi connectivity index (χ1n) is 6.56. The molecule has 2 aliphatic rings. The zero-order valence-electron chi connectivity index (χ0n) is 10.6. The number of likely N-dealkylation sites (tertiary alicyclic amines) is 1. The van der Waals surface area contributed by atoms with Gasteiger partial charge in [-0.2, -0.15) is 0 Å². The molecule has 0 aromatic carbocycles. The molecule has 0 aromatic rings. The van der Waals surface area contributed by atoms with Crippen molar-refractivity contribution in [2.75, 3.05) is 26.2 Å². The fourth-order valence-corrected chi connectivity index (χ4v) is 3.14. The third-order valence-electron chi connectivity index (χ3n) is 4.28. The van der Waals surface area contributed by atoms with Gasteiger partial charge in [-0.3, -0.25) is 0 Å². The predicted molar refractivity (Wildman–Crippen MR) is 65.0 cm³/mol. The second-order valence-corrected chi connectivity index (χ2v) is 6.12. The highest BCUT2D eigenvalue weighted by molar-refractivity contribution is 4.93. The van der Waals surface area contributed by atoms with Crippen molar-refractivity contribution < 1.29 is 0 Å². The monoisotopic (exact) mass is 210 g/mol. The molecule has 0 radical (unpaired) electrons. The lowest BCUT2D eigenvalue weighted by Crippen LogP contribution is -2.46. The van der Waals surface area contributed by atoms with Gasteiger partial charge in [0.25, 0.3) is 0 Å². The SMILES string of the molecule is CC(C)C1CCN(CC2(C)CCCN2)C1. The number of hydrogen-bond donors (Lipinski definition) is 1. The molecule has 2 rings (SSSR count). The first-order chi connectivity index (χ1) is 7.09. The first kappa shape index (κ1) is 11.4. The maximum absolute atomic E-state index is 3.66. The van der Waals surface area contributed by atoms with Gasteiger partial charge in [-0.1, -0.05) is 13.8 Å². The van der Waals surface area contributed by atoms with Crippen LogP contribution in [0.25, 0.3) is 0 Å². The summed E-state index contributed by atoms with van der Waals surface area (Å²) in [6.07, 6.45) is 4.13. The van der Waals surface area contributed by atoms with Gasteiger partial charge in [0.05, 0.1) is 0 Å². The molecule has 0 aromatic heterocycles. The van der Waals surface area contributed by atoms with Gasteiger partial charge < -0.3 is 10.2 Å². The van der Waals surface area contributed by atoms with E-state index in [2.05, 4.69) is 31.0 Å². The molecule has 1 N–H and O–H groups in total. The van der Waals surface area contributed by atoms with E-state index in [0.717, 1.165) is 11.8 Å². The minimum Gasteiger partial charge on any atom is -0.310 e. The molecule has 2 atom stereocenters. The molecular weight excluding hydrogens is 184 g/mol. The molecule has 2 fully saturated rings. The minimum atomic E-state index is 0.409. The van der Waals surface area contributed by atoms with Crippen LogP contribution >= 0.6 is 0 Å². The molecule has 15 heavy (non-hydrogen) atoms. The average Bonchev–Trinajstić information content (AvgIpc) is 2.75. The molecule has 0 aliphatic carbocycles. The Kier molecular flexibility index (Phi) is 3.36. The van der Waals surface area contributed by atoms with Crippen molar-refractivity contribution in [1.82, 2.24) is 10.2 Å². The lowest BCUT2D eigenvalue weighted by atomic mass is 9.95. The van der Waals surface area contributed by atoms with Gasteiger partial charge in [-0.25, -0.2) is 0 Å². The Balaban J connectivity index is 1.81. The van der Waals surface area contributed by atoms with Crippen LogP contribution in [0.15, 0.2) is 0 Å². The Morgan fingerprint density at radius 1 is 1.47 bits per heavy atom. The summed E-state index contributed by atoms with van der Waals surface area (Å²) in [4.78, 5) is 2.67. The third-order valence-corrected chi connectivity index (χ3v) is 4.28. The van der Waals surface area contributed by atoms with Gasteiger partial charge in [0.15, 0.2) is 0 Å². The Morgan fingerprint density at radius 2 is 2.27 bits per heavy atom. The fourth-order valence-electron chi connectivity index (χ4n) is 3.14. The number of nitrogens with one attached hydrogen (secondary N) is 1. The van der Waals surface area contributed by atoms with Crippen LogP contribution in [0.3, 0.4) is 0 Å². The van der Waals surface area contributed by atoms with Gasteiger partial charge in [-0.05, 0) is 51.1 Å². The molecule has 2 heterocycles. The maximum Gasteiger partial charge on any atom is 0.0280 e. The van der Waals surface area contributed by atoms with E-state index in [-0.39, 0.29) is 0 Å². The summed E-state index contributed by atoms with van der Waals surface area (Å²) in [6, 6.07) is 0. The Hall–Kier alpha value is -0.0800. The van der Waals surface area contributed by atoms with E-state index in [9.17, 15) is 0 Å². The second kappa shape index (κ2) is 4.42. The van der Waals surface area contributed by atoms with E-state index in [1.165, 1.54) is 45.4 Å². The zero-order chi connectivity index (χ0) is 10.9. The van der Waals surface area contributed by atoms with Crippen LogP contribution in [-0.2, 0) is 0 Å². The Bertz CT molecular complexity index is 207. The molecule has 0 amide bonds. The molecule has 0 bridgehead atoms. The average molecular weight is 210 g/mol. The lowest BCUT2D eigenvalue weighted by molar-refractivity contribution is 0.227.